The molecule has 0 amide bonds. The molecular formula is C21H23Cl2N3O3S2. The number of aliphatic imine (C=N–C) groups is 2. The summed E-state index contributed by atoms with van der Waals surface area (Å²) in [5.74, 6) is 0. The molecule has 0 heterocycles. The summed E-state index contributed by atoms with van der Waals surface area (Å²) in [6.45, 7) is 1.72. The molecule has 3 N–H and O–H groups in total. The molecule has 1 atom stereocenters. The first kappa shape index (κ1) is 24.1. The summed E-state index contributed by atoms with van der Waals surface area (Å²) in [6, 6.07) is 13.6. The van der Waals surface area contributed by atoms with Crippen molar-refractivity contribution in [3.05, 3.63) is 64.7 Å². The lowest BCUT2D eigenvalue weighted by Crippen LogP contribution is -2.46. The highest BCUT2D eigenvalue weighted by molar-refractivity contribution is 8.77. The van der Waals surface area contributed by atoms with E-state index in [1.54, 1.807) is 24.3 Å². The summed E-state index contributed by atoms with van der Waals surface area (Å²) in [7, 11) is -3.29. The van der Waals surface area contributed by atoms with E-state index in [1.807, 2.05) is 19.1 Å². The smallest absolute Gasteiger partial charge is 0.237 e. The number of aliphatic hydroxyl groups is 1. The van der Waals surface area contributed by atoms with Crippen molar-refractivity contribution in [3.63, 3.8) is 0 Å². The summed E-state index contributed by atoms with van der Waals surface area (Å²) in [6.07, 6.45) is 2.39. The van der Waals surface area contributed by atoms with Crippen LogP contribution < -0.4 is 5.73 Å². The molecule has 2 aromatic carbocycles. The molecule has 10 heteroatoms. The molecule has 1 unspecified atom stereocenters. The van der Waals surface area contributed by atoms with Gasteiger partial charge < -0.3 is 10.8 Å². The summed E-state index contributed by atoms with van der Waals surface area (Å²) in [5, 5.41) is 11.8. The lowest BCUT2D eigenvalue weighted by molar-refractivity contribution is 0.0377. The van der Waals surface area contributed by atoms with Gasteiger partial charge in [-0.2, -0.15) is 0 Å². The van der Waals surface area contributed by atoms with E-state index in [2.05, 4.69) is 9.98 Å². The van der Waals surface area contributed by atoms with Crippen LogP contribution in [0, 0.1) is 6.92 Å². The zero-order valence-corrected chi connectivity index (χ0v) is 20.0. The van der Waals surface area contributed by atoms with E-state index >= 15 is 0 Å². The van der Waals surface area contributed by atoms with Gasteiger partial charge in [0, 0.05) is 22.2 Å². The van der Waals surface area contributed by atoms with Crippen LogP contribution in [0.4, 0.5) is 0 Å². The Morgan fingerprint density at radius 2 is 1.90 bits per heavy atom. The van der Waals surface area contributed by atoms with Gasteiger partial charge in [-0.1, -0.05) is 47.5 Å². The minimum atomic E-state index is -3.77. The number of halogens is 2. The maximum Gasteiger partial charge on any atom is 0.237 e. The number of hydrogen-bond donors (Lipinski definition) is 2. The second-order valence-corrected chi connectivity index (χ2v) is 12.4. The van der Waals surface area contributed by atoms with Crippen molar-refractivity contribution in [2.45, 2.75) is 41.6 Å². The fourth-order valence-corrected chi connectivity index (χ4v) is 5.99. The van der Waals surface area contributed by atoms with Gasteiger partial charge in [0.05, 0.1) is 22.7 Å². The molecule has 2 aromatic rings. The molecule has 31 heavy (non-hydrogen) atoms. The van der Waals surface area contributed by atoms with Crippen molar-refractivity contribution in [1.29, 1.82) is 0 Å². The van der Waals surface area contributed by atoms with Crippen LogP contribution in [0.5, 0.6) is 0 Å². The number of aryl methyl sites for hydroxylation is 1. The third-order valence-electron chi connectivity index (χ3n) is 5.12. The highest BCUT2D eigenvalue weighted by Crippen LogP contribution is 2.52. The highest BCUT2D eigenvalue weighted by atomic mass is 35.5. The number of alkyl halides is 1. The molecule has 6 nitrogen and oxygen atoms in total. The normalized spacial score (nSPS) is 18.1. The molecule has 1 saturated carbocycles. The molecule has 1 fully saturated rings. The highest BCUT2D eigenvalue weighted by Gasteiger charge is 2.57. The van der Waals surface area contributed by atoms with Crippen molar-refractivity contribution in [3.8, 4) is 0 Å². The molecule has 166 valence electrons. The van der Waals surface area contributed by atoms with Crippen molar-refractivity contribution < 1.29 is 13.5 Å². The fraction of sp³-hybridized carbons (Fsp3) is 0.333. The molecule has 3 rings (SSSR count). The van der Waals surface area contributed by atoms with Crippen LogP contribution in [-0.2, 0) is 15.3 Å². The number of nitrogens with zero attached hydrogens (tertiary/aromatic N) is 2. The Morgan fingerprint density at radius 3 is 2.48 bits per heavy atom. The molecular weight excluding hydrogens is 477 g/mol. The predicted molar refractivity (Wildman–Crippen MR) is 129 cm³/mol. The Kier molecular flexibility index (Phi) is 7.38. The number of benzene rings is 2. The fourth-order valence-electron chi connectivity index (χ4n) is 3.09. The van der Waals surface area contributed by atoms with Gasteiger partial charge in [0.25, 0.3) is 0 Å². The van der Waals surface area contributed by atoms with Crippen molar-refractivity contribution in [1.82, 2.24) is 0 Å². The molecule has 1 aliphatic carbocycles. The zero-order chi connectivity index (χ0) is 22.7. The second kappa shape index (κ2) is 9.50. The monoisotopic (exact) mass is 499 g/mol. The van der Waals surface area contributed by atoms with Gasteiger partial charge in [0.2, 0.25) is 8.87 Å². The summed E-state index contributed by atoms with van der Waals surface area (Å²) in [5.41, 5.74) is 5.65. The number of amidine groups is 1. The molecule has 1 aliphatic rings. The van der Waals surface area contributed by atoms with E-state index in [-0.39, 0.29) is 23.0 Å². The van der Waals surface area contributed by atoms with Gasteiger partial charge in [-0.25, -0.2) is 13.4 Å². The standard InChI is InChI=1S/C21H23Cl2N3O3S2/c1-15-6-8-17(9-7-15)31(28,29)30-19(26-14-24)25-13-21(27,20(23)10-11-20)12-16-4-2-3-5-18(16)22/h2-9,14,27H,10-13H2,1H3,(H2,24,25,26). The summed E-state index contributed by atoms with van der Waals surface area (Å²) < 4.78 is 25.5. The van der Waals surface area contributed by atoms with Crippen LogP contribution >= 0.6 is 34.0 Å². The predicted octanol–water partition coefficient (Wildman–Crippen LogP) is 4.16. The van der Waals surface area contributed by atoms with Crippen molar-refractivity contribution >= 4 is 54.4 Å². The van der Waals surface area contributed by atoms with Gasteiger partial charge in [-0.3, -0.25) is 4.99 Å². The number of rotatable bonds is 7. The third kappa shape index (κ3) is 5.81. The largest absolute Gasteiger partial charge is 0.390 e. The molecule has 0 bridgehead atoms. The Balaban J connectivity index is 1.86. The van der Waals surface area contributed by atoms with Crippen LogP contribution in [0.1, 0.15) is 24.0 Å². The summed E-state index contributed by atoms with van der Waals surface area (Å²) >= 11 is 12.9. The first-order valence-corrected chi connectivity index (χ1v) is 13.1. The Morgan fingerprint density at radius 1 is 1.26 bits per heavy atom. The average Bonchev–Trinajstić information content (AvgIpc) is 3.48. The average molecular weight is 500 g/mol. The van der Waals surface area contributed by atoms with E-state index in [4.69, 9.17) is 28.9 Å². The first-order valence-electron chi connectivity index (χ1n) is 9.53. The summed E-state index contributed by atoms with van der Waals surface area (Å²) in [4.78, 5) is 7.46. The lowest BCUT2D eigenvalue weighted by atomic mass is 9.89. The van der Waals surface area contributed by atoms with Gasteiger partial charge in [0.1, 0.15) is 5.60 Å². The maximum atomic E-state index is 12.8. The van der Waals surface area contributed by atoms with Gasteiger partial charge in [-0.15, -0.1) is 11.6 Å². The van der Waals surface area contributed by atoms with Gasteiger partial charge >= 0.3 is 0 Å². The molecule has 0 saturated heterocycles. The van der Waals surface area contributed by atoms with Crippen LogP contribution in [0.3, 0.4) is 0 Å². The van der Waals surface area contributed by atoms with E-state index in [0.717, 1.165) is 17.5 Å². The van der Waals surface area contributed by atoms with Gasteiger partial charge in [-0.05, 0) is 43.5 Å². The Bertz CT molecular complexity index is 1100. The minimum Gasteiger partial charge on any atom is -0.390 e. The van der Waals surface area contributed by atoms with E-state index in [0.29, 0.717) is 28.7 Å². The molecule has 0 radical (unpaired) electrons. The topological polar surface area (TPSA) is 105 Å². The number of nitrogens with two attached hydrogens (primary N) is 1. The van der Waals surface area contributed by atoms with E-state index < -0.39 is 19.3 Å². The molecule has 0 spiro atoms. The second-order valence-electron chi connectivity index (χ2n) is 7.49. The molecule has 0 aromatic heterocycles. The van der Waals surface area contributed by atoms with E-state index in [9.17, 15) is 13.5 Å². The van der Waals surface area contributed by atoms with Crippen LogP contribution in [0.2, 0.25) is 5.02 Å². The van der Waals surface area contributed by atoms with Crippen molar-refractivity contribution in [2.75, 3.05) is 6.54 Å². The SMILES string of the molecule is Cc1ccc(S(=O)(=O)SC(=NCC(O)(Cc2ccccc2Cl)C2(Cl)CC2)/N=C\N)cc1. The molecule has 0 aliphatic heterocycles. The van der Waals surface area contributed by atoms with Gasteiger partial charge in [0.15, 0.2) is 5.17 Å². The maximum absolute atomic E-state index is 12.8. The Hall–Kier alpha value is -1.58. The third-order valence-corrected chi connectivity index (χ3v) is 9.35. The minimum absolute atomic E-state index is 0.0819. The van der Waals surface area contributed by atoms with Crippen LogP contribution in [-0.4, -0.2) is 42.1 Å². The number of hydrogen-bond acceptors (Lipinski definition) is 5. The lowest BCUT2D eigenvalue weighted by Gasteiger charge is -2.32. The Labute approximate surface area is 195 Å². The quantitative estimate of drug-likeness (QED) is 0.257. The van der Waals surface area contributed by atoms with Crippen molar-refractivity contribution in [2.24, 2.45) is 15.7 Å². The van der Waals surface area contributed by atoms with Crippen LogP contribution in [0.15, 0.2) is 63.4 Å². The van der Waals surface area contributed by atoms with E-state index in [1.165, 1.54) is 12.1 Å². The first-order chi connectivity index (χ1) is 14.6. The zero-order valence-electron chi connectivity index (χ0n) is 16.8. The van der Waals surface area contributed by atoms with Crippen LogP contribution in [0.25, 0.3) is 0 Å².